The lowest BCUT2D eigenvalue weighted by Gasteiger charge is -2.24. The van der Waals surface area contributed by atoms with Crippen molar-refractivity contribution in [3.05, 3.63) is 35.7 Å². The highest BCUT2D eigenvalue weighted by atomic mass is 79.9. The molecule has 19 heavy (non-hydrogen) atoms. The predicted molar refractivity (Wildman–Crippen MR) is 73.0 cm³/mol. The van der Waals surface area contributed by atoms with E-state index >= 15 is 0 Å². The molecule has 1 aromatic heterocycles. The molecule has 2 rings (SSSR count). The van der Waals surface area contributed by atoms with Crippen LogP contribution in [0.4, 0.5) is 8.78 Å². The Hall–Kier alpha value is -1.30. The van der Waals surface area contributed by atoms with Crippen molar-refractivity contribution in [2.45, 2.75) is 31.6 Å². The first-order valence-electron chi connectivity index (χ1n) is 5.80. The van der Waals surface area contributed by atoms with Gasteiger partial charge in [0, 0.05) is 11.1 Å². The van der Waals surface area contributed by atoms with Crippen molar-refractivity contribution in [1.82, 2.24) is 14.8 Å². The summed E-state index contributed by atoms with van der Waals surface area (Å²) in [6, 6.07) is 3.74. The highest BCUT2D eigenvalue weighted by Gasteiger charge is 2.23. The van der Waals surface area contributed by atoms with Gasteiger partial charge in [-0.15, -0.1) is 10.2 Å². The average Bonchev–Trinajstić information content (AvgIpc) is 2.76. The van der Waals surface area contributed by atoms with E-state index in [0.29, 0.717) is 16.7 Å². The summed E-state index contributed by atoms with van der Waals surface area (Å²) in [5.41, 5.74) is 0.251. The third-order valence-corrected chi connectivity index (χ3v) is 3.20. The van der Waals surface area contributed by atoms with Crippen LogP contribution in [0.5, 0.6) is 0 Å². The molecule has 0 radical (unpaired) electrons. The monoisotopic (exact) mass is 329 g/mol. The van der Waals surface area contributed by atoms with E-state index in [-0.39, 0.29) is 5.54 Å². The lowest BCUT2D eigenvalue weighted by atomic mass is 10.1. The molecule has 6 heteroatoms. The number of halogens is 3. The van der Waals surface area contributed by atoms with Gasteiger partial charge < -0.3 is 4.57 Å². The molecule has 0 aliphatic carbocycles. The van der Waals surface area contributed by atoms with Gasteiger partial charge >= 0.3 is 0 Å². The third-order valence-electron chi connectivity index (χ3n) is 2.70. The first-order chi connectivity index (χ1) is 8.84. The van der Waals surface area contributed by atoms with Crippen LogP contribution in [0.3, 0.4) is 0 Å². The summed E-state index contributed by atoms with van der Waals surface area (Å²) >= 11 is 3.36. The summed E-state index contributed by atoms with van der Waals surface area (Å²) in [5, 5.41) is 8.71. The summed E-state index contributed by atoms with van der Waals surface area (Å²) in [4.78, 5) is 0. The molecule has 0 spiro atoms. The Bertz CT molecular complexity index is 602. The van der Waals surface area contributed by atoms with Gasteiger partial charge in [-0.05, 0) is 39.0 Å². The molecule has 0 unspecified atom stereocenters. The summed E-state index contributed by atoms with van der Waals surface area (Å²) < 4.78 is 28.2. The van der Waals surface area contributed by atoms with E-state index in [1.54, 1.807) is 0 Å². The molecule has 0 saturated heterocycles. The molecule has 3 nitrogen and oxygen atoms in total. The molecule has 1 aromatic carbocycles. The zero-order chi connectivity index (χ0) is 14.2. The molecule has 0 bridgehead atoms. The zero-order valence-corrected chi connectivity index (χ0v) is 12.5. The standard InChI is InChI=1S/C13H14BrF2N3/c1-13(2,3)19-11(7-14)17-18-12(19)8-4-5-9(15)10(16)6-8/h4-6H,7H2,1-3H3. The SMILES string of the molecule is CC(C)(C)n1c(CBr)nnc1-c1ccc(F)c(F)c1. The zero-order valence-electron chi connectivity index (χ0n) is 10.9. The van der Waals surface area contributed by atoms with Gasteiger partial charge in [-0.25, -0.2) is 8.78 Å². The van der Waals surface area contributed by atoms with Crippen LogP contribution < -0.4 is 0 Å². The first-order valence-corrected chi connectivity index (χ1v) is 6.93. The quantitative estimate of drug-likeness (QED) is 0.783. The van der Waals surface area contributed by atoms with Crippen LogP contribution >= 0.6 is 15.9 Å². The van der Waals surface area contributed by atoms with Crippen LogP contribution in [0.25, 0.3) is 11.4 Å². The van der Waals surface area contributed by atoms with Crippen molar-refractivity contribution in [2.24, 2.45) is 0 Å². The fourth-order valence-corrected chi connectivity index (χ4v) is 2.29. The lowest BCUT2D eigenvalue weighted by molar-refractivity contribution is 0.390. The average molecular weight is 330 g/mol. The minimum Gasteiger partial charge on any atom is -0.305 e. The van der Waals surface area contributed by atoms with Crippen molar-refractivity contribution in [3.8, 4) is 11.4 Å². The van der Waals surface area contributed by atoms with E-state index in [1.807, 2.05) is 25.3 Å². The summed E-state index contributed by atoms with van der Waals surface area (Å²) in [6.45, 7) is 6.02. The van der Waals surface area contributed by atoms with Gasteiger partial charge in [0.05, 0.1) is 5.33 Å². The molecule has 0 aliphatic rings. The van der Waals surface area contributed by atoms with Gasteiger partial charge in [-0.3, -0.25) is 0 Å². The minimum atomic E-state index is -0.888. The van der Waals surface area contributed by atoms with Crippen LogP contribution in [0, 0.1) is 11.6 Å². The van der Waals surface area contributed by atoms with Crippen molar-refractivity contribution >= 4 is 15.9 Å². The second-order valence-corrected chi connectivity index (χ2v) is 5.77. The van der Waals surface area contributed by atoms with E-state index in [0.717, 1.165) is 18.0 Å². The number of hydrogen-bond acceptors (Lipinski definition) is 2. The number of benzene rings is 1. The van der Waals surface area contributed by atoms with Crippen LogP contribution in [0.15, 0.2) is 18.2 Å². The molecule has 2 aromatic rings. The summed E-state index contributed by atoms with van der Waals surface area (Å²) in [5.74, 6) is -0.485. The van der Waals surface area contributed by atoms with Crippen molar-refractivity contribution in [3.63, 3.8) is 0 Å². The normalized spacial score (nSPS) is 11.9. The Labute approximate surface area is 118 Å². The van der Waals surface area contributed by atoms with Crippen LogP contribution in [-0.2, 0) is 10.9 Å². The van der Waals surface area contributed by atoms with Crippen molar-refractivity contribution in [2.75, 3.05) is 0 Å². The van der Waals surface area contributed by atoms with Crippen LogP contribution in [0.2, 0.25) is 0 Å². The molecule has 0 aliphatic heterocycles. The van der Waals surface area contributed by atoms with E-state index in [4.69, 9.17) is 0 Å². The Morgan fingerprint density at radius 1 is 1.16 bits per heavy atom. The predicted octanol–water partition coefficient (Wildman–Crippen LogP) is 3.87. The smallest absolute Gasteiger partial charge is 0.164 e. The fourth-order valence-electron chi connectivity index (χ4n) is 1.93. The Morgan fingerprint density at radius 3 is 2.37 bits per heavy atom. The van der Waals surface area contributed by atoms with Gasteiger partial charge in [0.25, 0.3) is 0 Å². The number of rotatable bonds is 2. The second kappa shape index (κ2) is 5.00. The topological polar surface area (TPSA) is 30.7 Å². The van der Waals surface area contributed by atoms with Gasteiger partial charge in [0.2, 0.25) is 0 Å². The van der Waals surface area contributed by atoms with Gasteiger partial charge in [-0.2, -0.15) is 0 Å². The first kappa shape index (κ1) is 14.1. The Morgan fingerprint density at radius 2 is 1.84 bits per heavy atom. The number of aromatic nitrogens is 3. The van der Waals surface area contributed by atoms with Gasteiger partial charge in [0.1, 0.15) is 5.82 Å². The van der Waals surface area contributed by atoms with Gasteiger partial charge in [0.15, 0.2) is 17.5 Å². The Balaban J connectivity index is 2.62. The molecule has 102 valence electrons. The maximum absolute atomic E-state index is 13.3. The lowest BCUT2D eigenvalue weighted by Crippen LogP contribution is -2.24. The van der Waals surface area contributed by atoms with E-state index < -0.39 is 11.6 Å². The fraction of sp³-hybridized carbons (Fsp3) is 0.385. The maximum atomic E-state index is 13.3. The van der Waals surface area contributed by atoms with Gasteiger partial charge in [-0.1, -0.05) is 15.9 Å². The molecule has 1 heterocycles. The molecule has 0 amide bonds. The van der Waals surface area contributed by atoms with E-state index in [1.165, 1.54) is 6.07 Å². The van der Waals surface area contributed by atoms with Crippen LogP contribution in [0.1, 0.15) is 26.6 Å². The highest BCUT2D eigenvalue weighted by molar-refractivity contribution is 9.08. The molecule has 0 atom stereocenters. The molecule has 0 fully saturated rings. The largest absolute Gasteiger partial charge is 0.305 e. The van der Waals surface area contributed by atoms with Crippen molar-refractivity contribution < 1.29 is 8.78 Å². The van der Waals surface area contributed by atoms with E-state index in [9.17, 15) is 8.78 Å². The van der Waals surface area contributed by atoms with Crippen LogP contribution in [-0.4, -0.2) is 14.8 Å². The Kier molecular flexibility index (Phi) is 3.71. The third kappa shape index (κ3) is 2.68. The second-order valence-electron chi connectivity index (χ2n) is 5.21. The number of nitrogens with zero attached hydrogens (tertiary/aromatic N) is 3. The molecular formula is C13H14BrF2N3. The molecule has 0 N–H and O–H groups in total. The highest BCUT2D eigenvalue weighted by Crippen LogP contribution is 2.27. The van der Waals surface area contributed by atoms with E-state index in [2.05, 4.69) is 26.1 Å². The summed E-state index contributed by atoms with van der Waals surface area (Å²) in [7, 11) is 0. The summed E-state index contributed by atoms with van der Waals surface area (Å²) in [6.07, 6.45) is 0. The molecular weight excluding hydrogens is 316 g/mol. The number of alkyl halides is 1. The number of hydrogen-bond donors (Lipinski definition) is 0. The van der Waals surface area contributed by atoms with Crippen molar-refractivity contribution in [1.29, 1.82) is 0 Å². The molecule has 0 saturated carbocycles. The maximum Gasteiger partial charge on any atom is 0.164 e. The minimum absolute atomic E-state index is 0.257.